The molecule has 1 aliphatic heterocycles. The SMILES string of the molecule is O=C(Cn1cc(S(=O)(=O)N2CCCC2)ccc1=O)NCCc1ccc(OC(F)F)cc1. The molecule has 1 aromatic carbocycles. The monoisotopic (exact) mass is 455 g/mol. The standard InChI is InChI=1S/C20H23F2N3O5S/c21-20(22)30-16-5-3-15(4-6-16)9-10-23-18(26)14-24-13-17(7-8-19(24)27)31(28,29)25-11-1-2-12-25/h3-8,13,20H,1-2,9-12,14H2,(H,23,26). The minimum atomic E-state index is -3.69. The molecule has 0 spiro atoms. The molecule has 1 fully saturated rings. The summed E-state index contributed by atoms with van der Waals surface area (Å²) in [4.78, 5) is 24.3. The third-order valence-electron chi connectivity index (χ3n) is 4.86. The van der Waals surface area contributed by atoms with E-state index >= 15 is 0 Å². The Morgan fingerprint density at radius 2 is 1.77 bits per heavy atom. The van der Waals surface area contributed by atoms with Crippen LogP contribution in [0.15, 0.2) is 52.3 Å². The van der Waals surface area contributed by atoms with Crippen molar-refractivity contribution in [2.45, 2.75) is 37.3 Å². The van der Waals surface area contributed by atoms with Crippen molar-refractivity contribution in [1.29, 1.82) is 0 Å². The average Bonchev–Trinajstić information content (AvgIpc) is 3.26. The first-order valence-corrected chi connectivity index (χ1v) is 11.2. The number of nitrogens with one attached hydrogen (secondary N) is 1. The molecule has 2 aromatic rings. The molecule has 1 saturated heterocycles. The van der Waals surface area contributed by atoms with Crippen LogP contribution in [0.4, 0.5) is 8.78 Å². The maximum atomic E-state index is 12.7. The number of hydrogen-bond donors (Lipinski definition) is 1. The van der Waals surface area contributed by atoms with Crippen LogP contribution in [0.1, 0.15) is 18.4 Å². The lowest BCUT2D eigenvalue weighted by atomic mass is 10.1. The van der Waals surface area contributed by atoms with Gasteiger partial charge in [-0.3, -0.25) is 9.59 Å². The van der Waals surface area contributed by atoms with Gasteiger partial charge in [-0.2, -0.15) is 13.1 Å². The molecule has 1 aliphatic rings. The largest absolute Gasteiger partial charge is 0.435 e. The quantitative estimate of drug-likeness (QED) is 0.619. The molecule has 11 heteroatoms. The highest BCUT2D eigenvalue weighted by molar-refractivity contribution is 7.89. The first-order valence-electron chi connectivity index (χ1n) is 9.77. The fourth-order valence-electron chi connectivity index (χ4n) is 3.26. The van der Waals surface area contributed by atoms with E-state index in [-0.39, 0.29) is 23.7 Å². The molecule has 0 unspecified atom stereocenters. The molecule has 2 heterocycles. The van der Waals surface area contributed by atoms with Gasteiger partial charge in [0.25, 0.3) is 5.56 Å². The van der Waals surface area contributed by atoms with Crippen molar-refractivity contribution in [3.05, 3.63) is 58.5 Å². The van der Waals surface area contributed by atoms with E-state index in [0.717, 1.165) is 29.0 Å². The van der Waals surface area contributed by atoms with Crippen molar-refractivity contribution in [3.63, 3.8) is 0 Å². The maximum Gasteiger partial charge on any atom is 0.387 e. The predicted molar refractivity (Wildman–Crippen MR) is 108 cm³/mol. The number of nitrogens with zero attached hydrogens (tertiary/aromatic N) is 2. The molecule has 0 atom stereocenters. The molecular weight excluding hydrogens is 432 g/mol. The van der Waals surface area contributed by atoms with Crippen molar-refractivity contribution in [2.75, 3.05) is 19.6 Å². The van der Waals surface area contributed by atoms with Crippen molar-refractivity contribution >= 4 is 15.9 Å². The van der Waals surface area contributed by atoms with Crippen LogP contribution in [0.3, 0.4) is 0 Å². The van der Waals surface area contributed by atoms with Crippen molar-refractivity contribution in [3.8, 4) is 5.75 Å². The molecule has 31 heavy (non-hydrogen) atoms. The number of aromatic nitrogens is 1. The second-order valence-electron chi connectivity index (χ2n) is 7.06. The molecule has 0 radical (unpaired) electrons. The Labute approximate surface area is 178 Å². The number of carbonyl (C=O) groups is 1. The molecule has 0 bridgehead atoms. The van der Waals surface area contributed by atoms with Crippen LogP contribution in [0, 0.1) is 0 Å². The first-order chi connectivity index (χ1) is 14.8. The second kappa shape index (κ2) is 10.0. The Bertz CT molecular complexity index is 1060. The van der Waals surface area contributed by atoms with Gasteiger partial charge in [0, 0.05) is 31.9 Å². The summed E-state index contributed by atoms with van der Waals surface area (Å²) in [5.41, 5.74) is 0.322. The van der Waals surface area contributed by atoms with Crippen molar-refractivity contribution in [1.82, 2.24) is 14.2 Å². The fraction of sp³-hybridized carbons (Fsp3) is 0.400. The zero-order valence-corrected chi connectivity index (χ0v) is 17.5. The number of pyridine rings is 1. The van der Waals surface area contributed by atoms with Crippen LogP contribution in [0.25, 0.3) is 0 Å². The number of rotatable bonds is 9. The third-order valence-corrected chi connectivity index (χ3v) is 6.74. The van der Waals surface area contributed by atoms with Gasteiger partial charge in [0.1, 0.15) is 12.3 Å². The van der Waals surface area contributed by atoms with Crippen molar-refractivity contribution < 1.29 is 26.7 Å². The number of amides is 1. The van der Waals surface area contributed by atoms with Crippen LogP contribution >= 0.6 is 0 Å². The molecule has 3 rings (SSSR count). The zero-order chi connectivity index (χ0) is 22.4. The predicted octanol–water partition coefficient (Wildman–Crippen LogP) is 1.59. The third kappa shape index (κ3) is 6.11. The van der Waals surface area contributed by atoms with Gasteiger partial charge in [-0.05, 0) is 43.0 Å². The Kier molecular flexibility index (Phi) is 7.39. The Morgan fingerprint density at radius 1 is 1.10 bits per heavy atom. The van der Waals surface area contributed by atoms with Crippen molar-refractivity contribution in [2.24, 2.45) is 0 Å². The highest BCUT2D eigenvalue weighted by Crippen LogP contribution is 2.19. The van der Waals surface area contributed by atoms with E-state index in [9.17, 15) is 26.8 Å². The lowest BCUT2D eigenvalue weighted by molar-refractivity contribution is -0.121. The van der Waals surface area contributed by atoms with E-state index < -0.39 is 28.1 Å². The average molecular weight is 455 g/mol. The summed E-state index contributed by atoms with van der Waals surface area (Å²) in [5, 5.41) is 2.66. The topological polar surface area (TPSA) is 97.7 Å². The summed E-state index contributed by atoms with van der Waals surface area (Å²) in [6, 6.07) is 8.44. The summed E-state index contributed by atoms with van der Waals surface area (Å²) in [6.45, 7) is -2.07. The van der Waals surface area contributed by atoms with Gasteiger partial charge < -0.3 is 14.6 Å². The van der Waals surface area contributed by atoms with E-state index in [4.69, 9.17) is 0 Å². The number of alkyl halides is 2. The molecule has 168 valence electrons. The molecule has 1 N–H and O–H groups in total. The highest BCUT2D eigenvalue weighted by Gasteiger charge is 2.27. The zero-order valence-electron chi connectivity index (χ0n) is 16.7. The maximum absolute atomic E-state index is 12.7. The minimum Gasteiger partial charge on any atom is -0.435 e. The number of hydrogen-bond acceptors (Lipinski definition) is 5. The van der Waals surface area contributed by atoms with Gasteiger partial charge >= 0.3 is 6.61 Å². The Hall–Kier alpha value is -2.79. The summed E-state index contributed by atoms with van der Waals surface area (Å²) >= 11 is 0. The number of halogens is 2. The minimum absolute atomic E-state index is 0.0205. The molecule has 1 aromatic heterocycles. The van der Waals surface area contributed by atoms with Crippen LogP contribution in [0.2, 0.25) is 0 Å². The molecule has 1 amide bonds. The van der Waals surface area contributed by atoms with Crippen LogP contribution in [-0.2, 0) is 27.8 Å². The van der Waals surface area contributed by atoms with E-state index in [1.165, 1.54) is 28.7 Å². The van der Waals surface area contributed by atoms with Gasteiger partial charge in [-0.25, -0.2) is 8.42 Å². The first kappa shape index (κ1) is 22.9. The van der Waals surface area contributed by atoms with Gasteiger partial charge in [-0.15, -0.1) is 0 Å². The summed E-state index contributed by atoms with van der Waals surface area (Å²) in [7, 11) is -3.69. The van der Waals surface area contributed by atoms with Gasteiger partial charge in [0.2, 0.25) is 15.9 Å². The van der Waals surface area contributed by atoms with Crippen LogP contribution in [-0.4, -0.2) is 49.4 Å². The smallest absolute Gasteiger partial charge is 0.387 e. The van der Waals surface area contributed by atoms with Crippen LogP contribution in [0.5, 0.6) is 5.75 Å². The van der Waals surface area contributed by atoms with Gasteiger partial charge in [0.05, 0.1) is 4.90 Å². The summed E-state index contributed by atoms with van der Waals surface area (Å²) < 4.78 is 56.3. The molecule has 0 saturated carbocycles. The van der Waals surface area contributed by atoms with E-state index in [0.29, 0.717) is 19.5 Å². The highest BCUT2D eigenvalue weighted by atomic mass is 32.2. The van der Waals surface area contributed by atoms with E-state index in [2.05, 4.69) is 10.1 Å². The summed E-state index contributed by atoms with van der Waals surface area (Å²) in [5.74, 6) is -0.401. The molecule has 8 nitrogen and oxygen atoms in total. The van der Waals surface area contributed by atoms with E-state index in [1.54, 1.807) is 12.1 Å². The van der Waals surface area contributed by atoms with E-state index in [1.807, 2.05) is 0 Å². The summed E-state index contributed by atoms with van der Waals surface area (Å²) in [6.07, 6.45) is 3.22. The fourth-order valence-corrected chi connectivity index (χ4v) is 4.80. The number of benzene rings is 1. The Balaban J connectivity index is 1.56. The molecule has 0 aliphatic carbocycles. The number of carbonyl (C=O) groups excluding carboxylic acids is 1. The number of sulfonamides is 1. The lowest BCUT2D eigenvalue weighted by Crippen LogP contribution is -2.34. The lowest BCUT2D eigenvalue weighted by Gasteiger charge is -2.16. The second-order valence-corrected chi connectivity index (χ2v) is 9.00. The van der Waals surface area contributed by atoms with Gasteiger partial charge in [-0.1, -0.05) is 12.1 Å². The van der Waals surface area contributed by atoms with Gasteiger partial charge in [0.15, 0.2) is 0 Å². The van der Waals surface area contributed by atoms with Crippen LogP contribution < -0.4 is 15.6 Å². The number of ether oxygens (including phenoxy) is 1. The normalized spacial score (nSPS) is 14.7. The molecular formula is C20H23F2N3O5S. The Morgan fingerprint density at radius 3 is 2.42 bits per heavy atom.